The van der Waals surface area contributed by atoms with Crippen LogP contribution in [0.15, 0.2) is 54.6 Å². The molecule has 186 valence electrons. The summed E-state index contributed by atoms with van der Waals surface area (Å²) in [6.45, 7) is 11.9. The maximum absolute atomic E-state index is 13.2. The Morgan fingerprint density at radius 3 is 2.15 bits per heavy atom. The summed E-state index contributed by atoms with van der Waals surface area (Å²) >= 11 is 0. The lowest BCUT2D eigenvalue weighted by Gasteiger charge is -2.28. The molecule has 34 heavy (non-hydrogen) atoms. The minimum absolute atomic E-state index is 0.0615. The first kappa shape index (κ1) is 27.5. The molecule has 0 aromatic heterocycles. The first-order valence-corrected chi connectivity index (χ1v) is 12.3. The Morgan fingerprint density at radius 2 is 1.56 bits per heavy atom. The molecule has 0 bridgehead atoms. The highest BCUT2D eigenvalue weighted by atomic mass is 16.3. The van der Waals surface area contributed by atoms with E-state index in [0.717, 1.165) is 18.4 Å². The number of carbonyl (C=O) groups excluding carboxylic acids is 2. The standard InChI is InChI=1S/C28H41N3O3/c1-6-16-31(17-7-2)27(34)23-15-11-14-22(19-23)26(33)30-24(18-21-12-9-8-10-13-21)25(32)20-29-28(3,4)5/h8-15,19,24-25,29,32H,6-7,16-18,20H2,1-5H3,(H,30,33)/t24-,25+/m0/s1. The van der Waals surface area contributed by atoms with Crippen molar-refractivity contribution in [2.75, 3.05) is 19.6 Å². The number of β-amino-alcohol motifs (C(OH)–C–C–N with tert-alkyl or cyclic N) is 1. The molecule has 6 heteroatoms. The molecule has 2 aromatic carbocycles. The summed E-state index contributed by atoms with van der Waals surface area (Å²) < 4.78 is 0. The van der Waals surface area contributed by atoms with E-state index in [1.165, 1.54) is 0 Å². The van der Waals surface area contributed by atoms with Crippen molar-refractivity contribution in [2.45, 2.75) is 71.6 Å². The fraction of sp³-hybridized carbons (Fsp3) is 0.500. The fourth-order valence-corrected chi connectivity index (χ4v) is 3.79. The zero-order chi connectivity index (χ0) is 25.1. The Bertz CT molecular complexity index is 903. The van der Waals surface area contributed by atoms with Gasteiger partial charge in [-0.15, -0.1) is 0 Å². The molecule has 6 nitrogen and oxygen atoms in total. The lowest BCUT2D eigenvalue weighted by atomic mass is 9.99. The van der Waals surface area contributed by atoms with E-state index in [0.29, 0.717) is 37.2 Å². The largest absolute Gasteiger partial charge is 0.390 e. The second-order valence-corrected chi connectivity index (χ2v) is 9.84. The number of hydrogen-bond donors (Lipinski definition) is 3. The van der Waals surface area contributed by atoms with E-state index in [9.17, 15) is 14.7 Å². The van der Waals surface area contributed by atoms with Crippen molar-refractivity contribution in [3.8, 4) is 0 Å². The van der Waals surface area contributed by atoms with Gasteiger partial charge in [0, 0.05) is 36.3 Å². The second-order valence-electron chi connectivity index (χ2n) is 9.84. The van der Waals surface area contributed by atoms with Gasteiger partial charge in [-0.05, 0) is 63.8 Å². The molecular weight excluding hydrogens is 426 g/mol. The monoisotopic (exact) mass is 467 g/mol. The summed E-state index contributed by atoms with van der Waals surface area (Å²) in [6, 6.07) is 16.2. The number of nitrogens with zero attached hydrogens (tertiary/aromatic N) is 1. The average molecular weight is 468 g/mol. The Balaban J connectivity index is 2.20. The Morgan fingerprint density at radius 1 is 0.941 bits per heavy atom. The molecular formula is C28H41N3O3. The predicted molar refractivity (Wildman–Crippen MR) is 138 cm³/mol. The van der Waals surface area contributed by atoms with Gasteiger partial charge in [-0.1, -0.05) is 50.2 Å². The molecule has 2 rings (SSSR count). The van der Waals surface area contributed by atoms with Gasteiger partial charge in [0.15, 0.2) is 0 Å². The van der Waals surface area contributed by atoms with Gasteiger partial charge in [0.25, 0.3) is 11.8 Å². The van der Waals surface area contributed by atoms with Gasteiger partial charge < -0.3 is 20.6 Å². The van der Waals surface area contributed by atoms with E-state index < -0.39 is 12.1 Å². The molecule has 0 aliphatic heterocycles. The summed E-state index contributed by atoms with van der Waals surface area (Å²) in [5.74, 6) is -0.364. The number of amides is 2. The number of nitrogens with one attached hydrogen (secondary N) is 2. The normalized spacial score (nSPS) is 13.2. The van der Waals surface area contributed by atoms with Crippen LogP contribution in [-0.4, -0.2) is 59.1 Å². The summed E-state index contributed by atoms with van der Waals surface area (Å²) in [5.41, 5.74) is 1.79. The molecule has 2 atom stereocenters. The molecule has 0 fully saturated rings. The van der Waals surface area contributed by atoms with Crippen molar-refractivity contribution in [3.63, 3.8) is 0 Å². The number of aliphatic hydroxyl groups excluding tert-OH is 1. The number of aliphatic hydroxyl groups is 1. The highest BCUT2D eigenvalue weighted by Crippen LogP contribution is 2.13. The van der Waals surface area contributed by atoms with Gasteiger partial charge in [-0.3, -0.25) is 9.59 Å². The van der Waals surface area contributed by atoms with Crippen LogP contribution in [0.25, 0.3) is 0 Å². The molecule has 3 N–H and O–H groups in total. The number of carbonyl (C=O) groups is 2. The quantitative estimate of drug-likeness (QED) is 0.440. The molecule has 0 aliphatic carbocycles. The molecule has 2 aromatic rings. The van der Waals surface area contributed by atoms with E-state index in [1.807, 2.05) is 69.9 Å². The number of benzene rings is 2. The van der Waals surface area contributed by atoms with Crippen molar-refractivity contribution in [3.05, 3.63) is 71.3 Å². The SMILES string of the molecule is CCCN(CCC)C(=O)c1cccc(C(=O)N[C@@H](Cc2ccccc2)[C@H](O)CNC(C)(C)C)c1. The van der Waals surface area contributed by atoms with Crippen molar-refractivity contribution >= 4 is 11.8 Å². The minimum Gasteiger partial charge on any atom is -0.390 e. The van der Waals surface area contributed by atoms with Crippen molar-refractivity contribution in [2.24, 2.45) is 0 Å². The second kappa shape index (κ2) is 13.3. The van der Waals surface area contributed by atoms with Crippen LogP contribution in [0.3, 0.4) is 0 Å². The first-order chi connectivity index (χ1) is 16.1. The van der Waals surface area contributed by atoms with E-state index in [2.05, 4.69) is 10.6 Å². The van der Waals surface area contributed by atoms with Gasteiger partial charge in [-0.25, -0.2) is 0 Å². The number of hydrogen-bond acceptors (Lipinski definition) is 4. The third kappa shape index (κ3) is 8.92. The maximum atomic E-state index is 13.2. The van der Waals surface area contributed by atoms with E-state index in [4.69, 9.17) is 0 Å². The first-order valence-electron chi connectivity index (χ1n) is 12.3. The molecule has 0 saturated carbocycles. The van der Waals surface area contributed by atoms with Crippen molar-refractivity contribution in [1.82, 2.24) is 15.5 Å². The van der Waals surface area contributed by atoms with Crippen LogP contribution in [0.4, 0.5) is 0 Å². The van der Waals surface area contributed by atoms with E-state index >= 15 is 0 Å². The third-order valence-electron chi connectivity index (χ3n) is 5.57. The lowest BCUT2D eigenvalue weighted by Crippen LogP contribution is -2.51. The topological polar surface area (TPSA) is 81.7 Å². The predicted octanol–water partition coefficient (Wildman–Crippen LogP) is 4.04. The highest BCUT2D eigenvalue weighted by molar-refractivity contribution is 5.99. The zero-order valence-corrected chi connectivity index (χ0v) is 21.3. The molecule has 0 spiro atoms. The molecule has 0 unspecified atom stereocenters. The van der Waals surface area contributed by atoms with Crippen LogP contribution in [0.1, 0.15) is 73.7 Å². The summed E-state index contributed by atoms with van der Waals surface area (Å²) in [6.07, 6.45) is 1.48. The Labute approximate surface area is 204 Å². The highest BCUT2D eigenvalue weighted by Gasteiger charge is 2.24. The fourth-order valence-electron chi connectivity index (χ4n) is 3.79. The van der Waals surface area contributed by atoms with Gasteiger partial charge in [0.05, 0.1) is 12.1 Å². The van der Waals surface area contributed by atoms with Crippen LogP contribution in [0.5, 0.6) is 0 Å². The van der Waals surface area contributed by atoms with Crippen molar-refractivity contribution in [1.29, 1.82) is 0 Å². The van der Waals surface area contributed by atoms with Crippen LogP contribution in [0, 0.1) is 0 Å². The van der Waals surface area contributed by atoms with Crippen LogP contribution in [-0.2, 0) is 6.42 Å². The van der Waals surface area contributed by atoms with Gasteiger partial charge in [-0.2, -0.15) is 0 Å². The van der Waals surface area contributed by atoms with Gasteiger partial charge >= 0.3 is 0 Å². The van der Waals surface area contributed by atoms with E-state index in [1.54, 1.807) is 24.3 Å². The molecule has 2 amide bonds. The number of rotatable bonds is 12. The van der Waals surface area contributed by atoms with Crippen LogP contribution < -0.4 is 10.6 Å². The molecule has 0 heterocycles. The minimum atomic E-state index is -0.780. The van der Waals surface area contributed by atoms with Gasteiger partial charge in [0.2, 0.25) is 0 Å². The molecule has 0 aliphatic rings. The lowest BCUT2D eigenvalue weighted by molar-refractivity contribution is 0.0755. The van der Waals surface area contributed by atoms with E-state index in [-0.39, 0.29) is 17.4 Å². The molecule has 0 radical (unpaired) electrons. The van der Waals surface area contributed by atoms with Crippen LogP contribution >= 0.6 is 0 Å². The maximum Gasteiger partial charge on any atom is 0.253 e. The van der Waals surface area contributed by atoms with Crippen LogP contribution in [0.2, 0.25) is 0 Å². The van der Waals surface area contributed by atoms with Crippen molar-refractivity contribution < 1.29 is 14.7 Å². The van der Waals surface area contributed by atoms with Gasteiger partial charge in [0.1, 0.15) is 0 Å². The Kier molecular flexibility index (Phi) is 10.7. The summed E-state index contributed by atoms with van der Waals surface area (Å²) in [5, 5.41) is 17.2. The average Bonchev–Trinajstić information content (AvgIpc) is 2.81. The summed E-state index contributed by atoms with van der Waals surface area (Å²) in [7, 11) is 0. The Hall–Kier alpha value is -2.70. The molecule has 0 saturated heterocycles. The third-order valence-corrected chi connectivity index (χ3v) is 5.57. The summed E-state index contributed by atoms with van der Waals surface area (Å²) in [4.78, 5) is 28.0. The zero-order valence-electron chi connectivity index (χ0n) is 21.3. The smallest absolute Gasteiger partial charge is 0.253 e.